The number of hydrogen-bond acceptors (Lipinski definition) is 3. The third kappa shape index (κ3) is 2.81. The number of carbonyl (C=O) groups is 1. The average molecular weight is 287 g/mol. The van der Waals surface area contributed by atoms with Crippen molar-refractivity contribution in [3.05, 3.63) is 53.8 Å². The lowest BCUT2D eigenvalue weighted by molar-refractivity contribution is -0.116. The van der Waals surface area contributed by atoms with E-state index in [4.69, 9.17) is 9.47 Å². The van der Waals surface area contributed by atoms with Gasteiger partial charge in [-0.2, -0.15) is 0 Å². The van der Waals surface area contributed by atoms with E-state index in [-0.39, 0.29) is 18.5 Å². The third-order valence-electron chi connectivity index (χ3n) is 3.30. The minimum atomic E-state index is -0.328. The largest absolute Gasteiger partial charge is 0.454 e. The van der Waals surface area contributed by atoms with Gasteiger partial charge >= 0.3 is 0 Å². The maximum Gasteiger partial charge on any atom is 0.231 e. The molecule has 0 fully saturated rings. The fourth-order valence-electron chi connectivity index (χ4n) is 2.23. The molecule has 2 aromatic carbocycles. The zero-order chi connectivity index (χ0) is 14.8. The summed E-state index contributed by atoms with van der Waals surface area (Å²) in [4.78, 5) is 13.4. The molecule has 0 bridgehead atoms. The normalized spacial score (nSPS) is 12.3. The SMILES string of the molecule is CC(=O)N(Cc1ccc2c(c1)OCO2)c1ccc(F)cc1. The zero-order valence-corrected chi connectivity index (χ0v) is 11.5. The number of ether oxygens (including phenoxy) is 2. The van der Waals surface area contributed by atoms with E-state index in [9.17, 15) is 9.18 Å². The number of hydrogen-bond donors (Lipinski definition) is 0. The third-order valence-corrected chi connectivity index (χ3v) is 3.30. The molecule has 108 valence electrons. The number of amides is 1. The highest BCUT2D eigenvalue weighted by molar-refractivity contribution is 5.91. The Morgan fingerprint density at radius 3 is 2.57 bits per heavy atom. The molecule has 0 saturated heterocycles. The van der Waals surface area contributed by atoms with Crippen molar-refractivity contribution in [2.24, 2.45) is 0 Å². The molecule has 0 aliphatic carbocycles. The van der Waals surface area contributed by atoms with Crippen LogP contribution >= 0.6 is 0 Å². The van der Waals surface area contributed by atoms with Crippen LogP contribution in [0.25, 0.3) is 0 Å². The van der Waals surface area contributed by atoms with Crippen molar-refractivity contribution in [2.75, 3.05) is 11.7 Å². The van der Waals surface area contributed by atoms with Gasteiger partial charge in [-0.1, -0.05) is 6.07 Å². The fourth-order valence-corrected chi connectivity index (χ4v) is 2.23. The summed E-state index contributed by atoms with van der Waals surface area (Å²) in [5.74, 6) is 0.939. The van der Waals surface area contributed by atoms with Crippen LogP contribution in [-0.2, 0) is 11.3 Å². The van der Waals surface area contributed by atoms with E-state index in [1.165, 1.54) is 19.1 Å². The molecule has 5 heteroatoms. The van der Waals surface area contributed by atoms with E-state index in [0.29, 0.717) is 23.7 Å². The van der Waals surface area contributed by atoms with Crippen molar-refractivity contribution in [2.45, 2.75) is 13.5 Å². The molecule has 3 rings (SSSR count). The second-order valence-electron chi connectivity index (χ2n) is 4.77. The summed E-state index contributed by atoms with van der Waals surface area (Å²) in [7, 11) is 0. The van der Waals surface area contributed by atoms with Gasteiger partial charge in [0.2, 0.25) is 12.7 Å². The van der Waals surface area contributed by atoms with Gasteiger partial charge in [-0.15, -0.1) is 0 Å². The van der Waals surface area contributed by atoms with Gasteiger partial charge < -0.3 is 14.4 Å². The summed E-state index contributed by atoms with van der Waals surface area (Å²) in [6, 6.07) is 11.4. The Morgan fingerprint density at radius 1 is 1.14 bits per heavy atom. The monoisotopic (exact) mass is 287 g/mol. The highest BCUT2D eigenvalue weighted by Crippen LogP contribution is 2.33. The first-order valence-corrected chi connectivity index (χ1v) is 6.56. The molecule has 1 aliphatic heterocycles. The Morgan fingerprint density at radius 2 is 1.86 bits per heavy atom. The first-order chi connectivity index (χ1) is 10.1. The lowest BCUT2D eigenvalue weighted by Gasteiger charge is -2.21. The van der Waals surface area contributed by atoms with Crippen LogP contribution in [0.2, 0.25) is 0 Å². The number of benzene rings is 2. The Kier molecular flexibility index (Phi) is 3.48. The van der Waals surface area contributed by atoms with Crippen molar-refractivity contribution in [3.8, 4) is 11.5 Å². The van der Waals surface area contributed by atoms with Crippen molar-refractivity contribution in [1.82, 2.24) is 0 Å². The number of halogens is 1. The van der Waals surface area contributed by atoms with Gasteiger partial charge in [0.05, 0.1) is 6.54 Å². The van der Waals surface area contributed by atoms with Gasteiger partial charge in [-0.25, -0.2) is 4.39 Å². The van der Waals surface area contributed by atoms with Gasteiger partial charge in [-0.3, -0.25) is 4.79 Å². The van der Waals surface area contributed by atoms with Crippen molar-refractivity contribution < 1.29 is 18.7 Å². The summed E-state index contributed by atoms with van der Waals surface area (Å²) < 4.78 is 23.6. The molecule has 0 N–H and O–H groups in total. The molecule has 0 atom stereocenters. The summed E-state index contributed by atoms with van der Waals surface area (Å²) in [5.41, 5.74) is 1.57. The van der Waals surface area contributed by atoms with E-state index in [2.05, 4.69) is 0 Å². The van der Waals surface area contributed by atoms with Gasteiger partial charge in [-0.05, 0) is 42.0 Å². The quantitative estimate of drug-likeness (QED) is 0.870. The molecule has 0 saturated carbocycles. The van der Waals surface area contributed by atoms with E-state index in [1.807, 2.05) is 18.2 Å². The topological polar surface area (TPSA) is 38.8 Å². The standard InChI is InChI=1S/C16H14FNO3/c1-11(19)18(14-5-3-13(17)4-6-14)9-12-2-7-15-16(8-12)21-10-20-15/h2-8H,9-10H2,1H3. The van der Waals surface area contributed by atoms with Crippen LogP contribution in [0.15, 0.2) is 42.5 Å². The van der Waals surface area contributed by atoms with Crippen LogP contribution in [0.1, 0.15) is 12.5 Å². The zero-order valence-electron chi connectivity index (χ0n) is 11.5. The predicted octanol–water partition coefficient (Wildman–Crippen LogP) is 3.11. The minimum Gasteiger partial charge on any atom is -0.454 e. The minimum absolute atomic E-state index is 0.112. The molecular formula is C16H14FNO3. The van der Waals surface area contributed by atoms with Crippen molar-refractivity contribution >= 4 is 11.6 Å². The molecule has 0 radical (unpaired) electrons. The van der Waals surface area contributed by atoms with E-state index in [0.717, 1.165) is 5.56 Å². The van der Waals surface area contributed by atoms with E-state index < -0.39 is 0 Å². The maximum atomic E-state index is 13.0. The van der Waals surface area contributed by atoms with Gasteiger partial charge in [0, 0.05) is 12.6 Å². The molecule has 1 amide bonds. The predicted molar refractivity (Wildman–Crippen MR) is 75.8 cm³/mol. The number of carbonyl (C=O) groups excluding carboxylic acids is 1. The van der Waals surface area contributed by atoms with E-state index in [1.54, 1.807) is 17.0 Å². The number of nitrogens with zero attached hydrogens (tertiary/aromatic N) is 1. The summed E-state index contributed by atoms with van der Waals surface area (Å²) >= 11 is 0. The van der Waals surface area contributed by atoms with Crippen LogP contribution in [0.3, 0.4) is 0 Å². The smallest absolute Gasteiger partial charge is 0.231 e. The van der Waals surface area contributed by atoms with E-state index >= 15 is 0 Å². The molecule has 1 heterocycles. The molecular weight excluding hydrogens is 273 g/mol. The molecule has 4 nitrogen and oxygen atoms in total. The van der Waals surface area contributed by atoms with Gasteiger partial charge in [0.1, 0.15) is 5.82 Å². The summed E-state index contributed by atoms with van der Waals surface area (Å²) in [6.45, 7) is 2.08. The molecule has 1 aliphatic rings. The Labute approximate surface area is 121 Å². The van der Waals surface area contributed by atoms with Crippen LogP contribution < -0.4 is 14.4 Å². The highest BCUT2D eigenvalue weighted by atomic mass is 19.1. The number of anilines is 1. The second-order valence-corrected chi connectivity index (χ2v) is 4.77. The van der Waals surface area contributed by atoms with Crippen LogP contribution in [0.4, 0.5) is 10.1 Å². The van der Waals surface area contributed by atoms with Crippen LogP contribution in [-0.4, -0.2) is 12.7 Å². The second kappa shape index (κ2) is 5.44. The summed E-state index contributed by atoms with van der Waals surface area (Å²) in [5, 5.41) is 0. The number of rotatable bonds is 3. The lowest BCUT2D eigenvalue weighted by Crippen LogP contribution is -2.27. The van der Waals surface area contributed by atoms with Crippen molar-refractivity contribution in [1.29, 1.82) is 0 Å². The maximum absolute atomic E-state index is 13.0. The van der Waals surface area contributed by atoms with Crippen molar-refractivity contribution in [3.63, 3.8) is 0 Å². The average Bonchev–Trinajstić information content (AvgIpc) is 2.93. The lowest BCUT2D eigenvalue weighted by atomic mass is 10.1. The number of fused-ring (bicyclic) bond motifs is 1. The molecule has 0 spiro atoms. The first kappa shape index (κ1) is 13.4. The van der Waals surface area contributed by atoms with Gasteiger partial charge in [0.25, 0.3) is 0 Å². The Bertz CT molecular complexity index is 670. The first-order valence-electron chi connectivity index (χ1n) is 6.56. The Balaban J connectivity index is 1.85. The molecule has 2 aromatic rings. The highest BCUT2D eigenvalue weighted by Gasteiger charge is 2.16. The summed E-state index contributed by atoms with van der Waals surface area (Å²) in [6.07, 6.45) is 0. The van der Waals surface area contributed by atoms with Crippen LogP contribution in [0, 0.1) is 5.82 Å². The Hall–Kier alpha value is -2.56. The molecule has 0 aromatic heterocycles. The molecule has 0 unspecified atom stereocenters. The van der Waals surface area contributed by atoms with Crippen LogP contribution in [0.5, 0.6) is 11.5 Å². The van der Waals surface area contributed by atoms with Gasteiger partial charge in [0.15, 0.2) is 11.5 Å². The fraction of sp³-hybridized carbons (Fsp3) is 0.188. The molecule has 21 heavy (non-hydrogen) atoms.